The molecule has 0 radical (unpaired) electrons. The van der Waals surface area contributed by atoms with Gasteiger partial charge in [0.15, 0.2) is 5.82 Å². The number of carbonyl (C=O) groups excluding carboxylic acids is 1. The summed E-state index contributed by atoms with van der Waals surface area (Å²) in [5.41, 5.74) is 0.978. The van der Waals surface area contributed by atoms with E-state index < -0.39 is 24.9 Å². The van der Waals surface area contributed by atoms with Gasteiger partial charge in [-0.05, 0) is 12.5 Å². The summed E-state index contributed by atoms with van der Waals surface area (Å²) in [5.74, 6) is -2.81. The first-order valence-electron chi connectivity index (χ1n) is 7.87. The summed E-state index contributed by atoms with van der Waals surface area (Å²) < 4.78 is 34.4. The zero-order valence-corrected chi connectivity index (χ0v) is 13.6. The van der Waals surface area contributed by atoms with Gasteiger partial charge in [-0.25, -0.2) is 8.78 Å². The zero-order chi connectivity index (χ0) is 17.3. The zero-order valence-electron chi connectivity index (χ0n) is 13.6. The maximum atomic E-state index is 13.8. The van der Waals surface area contributed by atoms with Crippen molar-refractivity contribution in [3.63, 3.8) is 0 Å². The summed E-state index contributed by atoms with van der Waals surface area (Å²) in [6, 6.07) is -0.875. The number of aromatic nitrogens is 4. The fourth-order valence-electron chi connectivity index (χ4n) is 2.79. The van der Waals surface area contributed by atoms with Gasteiger partial charge in [-0.3, -0.25) is 9.48 Å². The van der Waals surface area contributed by atoms with E-state index >= 15 is 0 Å². The maximum Gasteiger partial charge on any atom is 0.267 e. The lowest BCUT2D eigenvalue weighted by Crippen LogP contribution is -2.33. The molecule has 1 aliphatic rings. The van der Waals surface area contributed by atoms with Crippen LogP contribution in [0.25, 0.3) is 0 Å². The lowest BCUT2D eigenvalue weighted by molar-refractivity contribution is -0.134. The van der Waals surface area contributed by atoms with Gasteiger partial charge in [-0.1, -0.05) is 12.1 Å². The van der Waals surface area contributed by atoms with Gasteiger partial charge in [-0.2, -0.15) is 10.1 Å². The molecule has 0 aliphatic carbocycles. The molecule has 1 amide bonds. The lowest BCUT2D eigenvalue weighted by atomic mass is 10.2. The number of carbonyl (C=O) groups is 1. The first-order chi connectivity index (χ1) is 11.4. The second kappa shape index (κ2) is 6.29. The van der Waals surface area contributed by atoms with E-state index in [-0.39, 0.29) is 18.2 Å². The number of hydrogen-bond acceptors (Lipinski definition) is 5. The quantitative estimate of drug-likeness (QED) is 0.834. The van der Waals surface area contributed by atoms with Crippen molar-refractivity contribution < 1.29 is 18.1 Å². The fourth-order valence-corrected chi connectivity index (χ4v) is 2.79. The highest BCUT2D eigenvalue weighted by Crippen LogP contribution is 2.40. The van der Waals surface area contributed by atoms with Crippen molar-refractivity contribution in [2.24, 2.45) is 0 Å². The molecule has 2 aromatic heterocycles. The Hall–Kier alpha value is -2.32. The molecular weight excluding hydrogens is 320 g/mol. The van der Waals surface area contributed by atoms with E-state index in [0.717, 1.165) is 10.5 Å². The van der Waals surface area contributed by atoms with Crippen molar-refractivity contribution in [2.75, 3.05) is 6.54 Å². The summed E-state index contributed by atoms with van der Waals surface area (Å²) in [6.45, 7) is 3.44. The standard InChI is InChI=1S/C15H19F2N5O2/c1-3-12-19-14(24-20-12)11-6-15(16,17)9-22(11)13(23)4-5-21-8-10(2)7-18-21/h7-8,11H,3-6,9H2,1-2H3/t11-/m0/s1. The van der Waals surface area contributed by atoms with Gasteiger partial charge in [0.1, 0.15) is 6.04 Å². The molecule has 0 spiro atoms. The molecule has 1 atom stereocenters. The van der Waals surface area contributed by atoms with Crippen LogP contribution < -0.4 is 0 Å². The number of hydrogen-bond donors (Lipinski definition) is 0. The predicted octanol–water partition coefficient (Wildman–Crippen LogP) is 2.14. The molecule has 2 aromatic rings. The van der Waals surface area contributed by atoms with Gasteiger partial charge >= 0.3 is 0 Å². The molecule has 0 unspecified atom stereocenters. The van der Waals surface area contributed by atoms with Crippen molar-refractivity contribution in [1.29, 1.82) is 0 Å². The monoisotopic (exact) mass is 339 g/mol. The van der Waals surface area contributed by atoms with Crippen LogP contribution in [-0.2, 0) is 17.8 Å². The van der Waals surface area contributed by atoms with Crippen LogP contribution in [-0.4, -0.2) is 43.2 Å². The molecule has 24 heavy (non-hydrogen) atoms. The van der Waals surface area contributed by atoms with Crippen molar-refractivity contribution in [1.82, 2.24) is 24.8 Å². The number of nitrogens with zero attached hydrogens (tertiary/aromatic N) is 5. The molecule has 130 valence electrons. The van der Waals surface area contributed by atoms with Gasteiger partial charge in [0.05, 0.1) is 12.7 Å². The summed E-state index contributed by atoms with van der Waals surface area (Å²) in [4.78, 5) is 17.7. The highest BCUT2D eigenvalue weighted by atomic mass is 19.3. The Bertz CT molecular complexity index is 727. The summed E-state index contributed by atoms with van der Waals surface area (Å²) in [5, 5.41) is 7.83. The molecule has 1 fully saturated rings. The third-order valence-corrected chi connectivity index (χ3v) is 3.99. The van der Waals surface area contributed by atoms with E-state index in [4.69, 9.17) is 4.52 Å². The maximum absolute atomic E-state index is 13.8. The molecule has 7 nitrogen and oxygen atoms in total. The molecule has 3 heterocycles. The topological polar surface area (TPSA) is 77.0 Å². The van der Waals surface area contributed by atoms with Crippen molar-refractivity contribution in [3.8, 4) is 0 Å². The average molecular weight is 339 g/mol. The van der Waals surface area contributed by atoms with Gasteiger partial charge in [0.2, 0.25) is 11.8 Å². The molecule has 3 rings (SSSR count). The number of alkyl halides is 2. The Morgan fingerprint density at radius 1 is 1.50 bits per heavy atom. The molecule has 0 bridgehead atoms. The third kappa shape index (κ3) is 3.44. The number of rotatable bonds is 5. The number of amides is 1. The highest BCUT2D eigenvalue weighted by Gasteiger charge is 2.49. The molecular formula is C15H19F2N5O2. The van der Waals surface area contributed by atoms with E-state index in [1.165, 1.54) is 0 Å². The fraction of sp³-hybridized carbons (Fsp3) is 0.600. The van der Waals surface area contributed by atoms with Gasteiger partial charge in [-0.15, -0.1) is 0 Å². The molecule has 0 N–H and O–H groups in total. The van der Waals surface area contributed by atoms with E-state index in [2.05, 4.69) is 15.2 Å². The van der Waals surface area contributed by atoms with E-state index in [9.17, 15) is 13.6 Å². The Morgan fingerprint density at radius 2 is 2.29 bits per heavy atom. The Labute approximate surface area is 137 Å². The minimum absolute atomic E-state index is 0.0762. The third-order valence-electron chi connectivity index (χ3n) is 3.99. The minimum atomic E-state index is -2.95. The molecule has 1 aliphatic heterocycles. The Kier molecular flexibility index (Phi) is 4.33. The van der Waals surface area contributed by atoms with Crippen LogP contribution in [0.1, 0.15) is 43.1 Å². The highest BCUT2D eigenvalue weighted by molar-refractivity contribution is 5.77. The second-order valence-corrected chi connectivity index (χ2v) is 6.03. The summed E-state index contributed by atoms with van der Waals surface area (Å²) >= 11 is 0. The van der Waals surface area contributed by atoms with Gasteiger partial charge < -0.3 is 9.42 Å². The van der Waals surface area contributed by atoms with Gasteiger partial charge in [0.25, 0.3) is 5.92 Å². The van der Waals surface area contributed by atoms with Crippen molar-refractivity contribution in [2.45, 2.75) is 51.6 Å². The molecule has 0 saturated carbocycles. The summed E-state index contributed by atoms with van der Waals surface area (Å²) in [6.07, 6.45) is 3.61. The van der Waals surface area contributed by atoms with Gasteiger partial charge in [0, 0.05) is 32.0 Å². The van der Waals surface area contributed by atoms with Crippen molar-refractivity contribution >= 4 is 5.91 Å². The van der Waals surface area contributed by atoms with Crippen LogP contribution in [0.15, 0.2) is 16.9 Å². The Morgan fingerprint density at radius 3 is 2.92 bits per heavy atom. The predicted molar refractivity (Wildman–Crippen MR) is 79.3 cm³/mol. The van der Waals surface area contributed by atoms with Crippen LogP contribution >= 0.6 is 0 Å². The molecule has 0 aromatic carbocycles. The average Bonchev–Trinajstić information content (AvgIpc) is 3.23. The SMILES string of the molecule is CCc1noc([C@@H]2CC(F)(F)CN2C(=O)CCn2cc(C)cn2)n1. The number of halogens is 2. The molecule has 1 saturated heterocycles. The largest absolute Gasteiger partial charge is 0.337 e. The van der Waals surface area contributed by atoms with E-state index in [0.29, 0.717) is 18.8 Å². The first kappa shape index (κ1) is 16.5. The van der Waals surface area contributed by atoms with Crippen LogP contribution in [0.5, 0.6) is 0 Å². The summed E-state index contributed by atoms with van der Waals surface area (Å²) in [7, 11) is 0. The second-order valence-electron chi connectivity index (χ2n) is 6.03. The number of likely N-dealkylation sites (tertiary alicyclic amines) is 1. The van der Waals surface area contributed by atoms with Crippen LogP contribution in [0.3, 0.4) is 0 Å². The van der Waals surface area contributed by atoms with E-state index in [1.807, 2.05) is 13.8 Å². The normalized spacial score (nSPS) is 19.8. The van der Waals surface area contributed by atoms with Crippen LogP contribution in [0, 0.1) is 6.92 Å². The Balaban J connectivity index is 1.71. The lowest BCUT2D eigenvalue weighted by Gasteiger charge is -2.21. The smallest absolute Gasteiger partial charge is 0.267 e. The van der Waals surface area contributed by atoms with E-state index in [1.54, 1.807) is 17.1 Å². The number of aryl methyl sites for hydroxylation is 3. The van der Waals surface area contributed by atoms with Crippen LogP contribution in [0.2, 0.25) is 0 Å². The first-order valence-corrected chi connectivity index (χ1v) is 7.87. The van der Waals surface area contributed by atoms with Crippen molar-refractivity contribution in [3.05, 3.63) is 29.7 Å². The van der Waals surface area contributed by atoms with Crippen LogP contribution in [0.4, 0.5) is 8.78 Å². The minimum Gasteiger partial charge on any atom is -0.337 e. The molecule has 9 heteroatoms.